The Kier molecular flexibility index (Phi) is 3.79. The van der Waals surface area contributed by atoms with Crippen LogP contribution in [-0.2, 0) is 14.8 Å². The SMILES string of the molecule is C[C@@H]1OCCN(S(=O)(=O)c2ccc(Cl)cc2)[C@@H]1C1CC1. The molecule has 2 atom stereocenters. The van der Waals surface area contributed by atoms with Crippen molar-refractivity contribution in [2.24, 2.45) is 5.92 Å². The van der Waals surface area contributed by atoms with E-state index in [1.54, 1.807) is 28.6 Å². The number of halogens is 1. The van der Waals surface area contributed by atoms with E-state index < -0.39 is 10.0 Å². The molecular weight excluding hydrogens is 298 g/mol. The zero-order valence-electron chi connectivity index (χ0n) is 11.3. The van der Waals surface area contributed by atoms with Crippen LogP contribution >= 0.6 is 11.6 Å². The first kappa shape index (κ1) is 14.3. The third kappa shape index (κ3) is 2.60. The number of hydrogen-bond acceptors (Lipinski definition) is 3. The molecule has 1 aliphatic carbocycles. The van der Waals surface area contributed by atoms with Crippen LogP contribution in [-0.4, -0.2) is 38.0 Å². The molecule has 1 saturated heterocycles. The van der Waals surface area contributed by atoms with Gasteiger partial charge in [0.2, 0.25) is 10.0 Å². The van der Waals surface area contributed by atoms with Crippen LogP contribution in [0.25, 0.3) is 0 Å². The minimum atomic E-state index is -3.47. The number of benzene rings is 1. The van der Waals surface area contributed by atoms with Gasteiger partial charge in [-0.3, -0.25) is 0 Å². The van der Waals surface area contributed by atoms with Crippen molar-refractivity contribution >= 4 is 21.6 Å². The second-order valence-electron chi connectivity index (χ2n) is 5.47. The first-order valence-electron chi connectivity index (χ1n) is 6.89. The Labute approximate surface area is 124 Å². The van der Waals surface area contributed by atoms with Gasteiger partial charge < -0.3 is 4.74 Å². The lowest BCUT2D eigenvalue weighted by atomic mass is 10.1. The Morgan fingerprint density at radius 2 is 1.90 bits per heavy atom. The fourth-order valence-electron chi connectivity index (χ4n) is 2.89. The Hall–Kier alpha value is -0.620. The summed E-state index contributed by atoms with van der Waals surface area (Å²) in [6.45, 7) is 2.85. The van der Waals surface area contributed by atoms with E-state index in [-0.39, 0.29) is 12.1 Å². The lowest BCUT2D eigenvalue weighted by Crippen LogP contribution is -2.53. The van der Waals surface area contributed by atoms with Gasteiger partial charge >= 0.3 is 0 Å². The van der Waals surface area contributed by atoms with Gasteiger partial charge in [0.05, 0.1) is 23.6 Å². The molecule has 0 bridgehead atoms. The highest BCUT2D eigenvalue weighted by atomic mass is 35.5. The maximum absolute atomic E-state index is 12.8. The van der Waals surface area contributed by atoms with E-state index in [0.717, 1.165) is 12.8 Å². The molecule has 0 spiro atoms. The van der Waals surface area contributed by atoms with Crippen LogP contribution in [0.15, 0.2) is 29.2 Å². The Balaban J connectivity index is 1.94. The van der Waals surface area contributed by atoms with Crippen molar-refractivity contribution in [2.75, 3.05) is 13.2 Å². The summed E-state index contributed by atoms with van der Waals surface area (Å²) in [4.78, 5) is 0.307. The van der Waals surface area contributed by atoms with E-state index in [1.807, 2.05) is 6.92 Å². The summed E-state index contributed by atoms with van der Waals surface area (Å²) in [5.74, 6) is 0.437. The minimum Gasteiger partial charge on any atom is -0.375 e. The highest BCUT2D eigenvalue weighted by Crippen LogP contribution is 2.40. The highest BCUT2D eigenvalue weighted by Gasteiger charge is 2.46. The Bertz CT molecular complexity index is 583. The third-order valence-electron chi connectivity index (χ3n) is 4.03. The zero-order chi connectivity index (χ0) is 14.3. The molecule has 1 aliphatic heterocycles. The van der Waals surface area contributed by atoms with Crippen LogP contribution in [0.3, 0.4) is 0 Å². The second kappa shape index (κ2) is 5.30. The monoisotopic (exact) mass is 315 g/mol. The summed E-state index contributed by atoms with van der Waals surface area (Å²) in [7, 11) is -3.47. The summed E-state index contributed by atoms with van der Waals surface area (Å²) in [5.41, 5.74) is 0. The molecule has 1 saturated carbocycles. The average Bonchev–Trinajstić information content (AvgIpc) is 3.23. The van der Waals surface area contributed by atoms with E-state index in [1.165, 1.54) is 0 Å². The molecule has 0 radical (unpaired) electrons. The van der Waals surface area contributed by atoms with E-state index in [9.17, 15) is 8.42 Å². The van der Waals surface area contributed by atoms with Crippen molar-refractivity contribution in [1.82, 2.24) is 4.31 Å². The topological polar surface area (TPSA) is 46.6 Å². The predicted molar refractivity (Wildman–Crippen MR) is 77.3 cm³/mol. The molecule has 0 amide bonds. The molecule has 0 unspecified atom stereocenters. The van der Waals surface area contributed by atoms with Gasteiger partial charge in [0.1, 0.15) is 0 Å². The quantitative estimate of drug-likeness (QED) is 0.861. The van der Waals surface area contributed by atoms with Gasteiger partial charge in [-0.25, -0.2) is 8.42 Å². The van der Waals surface area contributed by atoms with Crippen molar-refractivity contribution in [3.05, 3.63) is 29.3 Å². The fraction of sp³-hybridized carbons (Fsp3) is 0.571. The summed E-state index contributed by atoms with van der Waals surface area (Å²) < 4.78 is 32.9. The number of sulfonamides is 1. The van der Waals surface area contributed by atoms with Gasteiger partial charge in [-0.15, -0.1) is 0 Å². The van der Waals surface area contributed by atoms with Crippen LogP contribution in [0, 0.1) is 5.92 Å². The molecule has 1 aromatic carbocycles. The fourth-order valence-corrected chi connectivity index (χ4v) is 4.74. The number of nitrogens with zero attached hydrogens (tertiary/aromatic N) is 1. The van der Waals surface area contributed by atoms with Gasteiger partial charge in [-0.1, -0.05) is 11.6 Å². The van der Waals surface area contributed by atoms with Crippen molar-refractivity contribution in [2.45, 2.75) is 36.8 Å². The minimum absolute atomic E-state index is 0.0376. The molecule has 2 fully saturated rings. The molecule has 3 rings (SSSR count). The lowest BCUT2D eigenvalue weighted by Gasteiger charge is -2.39. The standard InChI is InChI=1S/C14H18ClNO3S/c1-10-14(11-2-3-11)16(8-9-19-10)20(17,18)13-6-4-12(15)5-7-13/h4-7,10-11,14H,2-3,8-9H2,1H3/t10-,14-/m0/s1. The van der Waals surface area contributed by atoms with Gasteiger partial charge in [-0.05, 0) is 49.9 Å². The largest absolute Gasteiger partial charge is 0.375 e. The van der Waals surface area contributed by atoms with E-state index >= 15 is 0 Å². The van der Waals surface area contributed by atoms with Crippen molar-refractivity contribution in [3.8, 4) is 0 Å². The third-order valence-corrected chi connectivity index (χ3v) is 6.19. The van der Waals surface area contributed by atoms with Crippen LogP contribution in [0.4, 0.5) is 0 Å². The molecule has 2 aliphatic rings. The first-order chi connectivity index (χ1) is 9.50. The maximum atomic E-state index is 12.8. The maximum Gasteiger partial charge on any atom is 0.243 e. The van der Waals surface area contributed by atoms with Gasteiger partial charge in [0.25, 0.3) is 0 Å². The van der Waals surface area contributed by atoms with Gasteiger partial charge in [-0.2, -0.15) is 4.31 Å². The number of morpholine rings is 1. The molecule has 4 nitrogen and oxygen atoms in total. The second-order valence-corrected chi connectivity index (χ2v) is 7.80. The summed E-state index contributed by atoms with van der Waals surface area (Å²) >= 11 is 5.83. The molecule has 20 heavy (non-hydrogen) atoms. The normalized spacial score (nSPS) is 28.5. The molecule has 6 heteroatoms. The Morgan fingerprint density at radius 3 is 2.50 bits per heavy atom. The molecular formula is C14H18ClNO3S. The lowest BCUT2D eigenvalue weighted by molar-refractivity contribution is -0.0364. The van der Waals surface area contributed by atoms with Crippen molar-refractivity contribution in [3.63, 3.8) is 0 Å². The Morgan fingerprint density at radius 1 is 1.25 bits per heavy atom. The number of rotatable bonds is 3. The predicted octanol–water partition coefficient (Wildman–Crippen LogP) is 2.53. The van der Waals surface area contributed by atoms with Crippen molar-refractivity contribution in [1.29, 1.82) is 0 Å². The van der Waals surface area contributed by atoms with E-state index in [2.05, 4.69) is 0 Å². The van der Waals surface area contributed by atoms with Gasteiger partial charge in [0, 0.05) is 11.6 Å². The van der Waals surface area contributed by atoms with E-state index in [0.29, 0.717) is 29.0 Å². The number of ether oxygens (including phenoxy) is 1. The molecule has 110 valence electrons. The van der Waals surface area contributed by atoms with Crippen LogP contribution < -0.4 is 0 Å². The summed E-state index contributed by atoms with van der Waals surface area (Å²) in [6.07, 6.45) is 2.13. The van der Waals surface area contributed by atoms with E-state index in [4.69, 9.17) is 16.3 Å². The van der Waals surface area contributed by atoms with Crippen molar-refractivity contribution < 1.29 is 13.2 Å². The summed E-state index contributed by atoms with van der Waals surface area (Å²) in [6, 6.07) is 6.34. The van der Waals surface area contributed by atoms with Gasteiger partial charge in [0.15, 0.2) is 0 Å². The molecule has 1 heterocycles. The van der Waals surface area contributed by atoms with Crippen LogP contribution in [0.1, 0.15) is 19.8 Å². The molecule has 0 aromatic heterocycles. The van der Waals surface area contributed by atoms with Crippen LogP contribution in [0.2, 0.25) is 5.02 Å². The van der Waals surface area contributed by atoms with Crippen LogP contribution in [0.5, 0.6) is 0 Å². The molecule has 0 N–H and O–H groups in total. The zero-order valence-corrected chi connectivity index (χ0v) is 12.9. The first-order valence-corrected chi connectivity index (χ1v) is 8.71. The number of hydrogen-bond donors (Lipinski definition) is 0. The highest BCUT2D eigenvalue weighted by molar-refractivity contribution is 7.89. The molecule has 1 aromatic rings. The summed E-state index contributed by atoms with van der Waals surface area (Å²) in [5, 5.41) is 0.540. The smallest absolute Gasteiger partial charge is 0.243 e. The average molecular weight is 316 g/mol.